The number of carbonyl (C=O) groups is 2. The van der Waals surface area contributed by atoms with Gasteiger partial charge in [0.05, 0.1) is 5.52 Å². The van der Waals surface area contributed by atoms with Gasteiger partial charge in [0, 0.05) is 11.6 Å². The first-order chi connectivity index (χ1) is 11.9. The normalized spacial score (nSPS) is 10.2. The number of fused-ring (bicyclic) bond motifs is 1. The fraction of sp³-hybridized carbons (Fsp3) is 0.154. The molecular formula is C13H11F6N2O4Pt. The van der Waals surface area contributed by atoms with Gasteiger partial charge in [-0.05, 0) is 12.1 Å². The Kier molecular flexibility index (Phi) is 12.2. The van der Waals surface area contributed by atoms with Gasteiger partial charge in [-0.3, -0.25) is 4.98 Å². The van der Waals surface area contributed by atoms with Gasteiger partial charge in [0.25, 0.3) is 0 Å². The Bertz CT molecular complexity index is 605. The summed E-state index contributed by atoms with van der Waals surface area (Å²) < 4.78 is 67.9. The minimum absolute atomic E-state index is 1.06. The summed E-state index contributed by atoms with van der Waals surface area (Å²) in [5, 5.41) is 15.4. The summed E-state index contributed by atoms with van der Waals surface area (Å²) in [5.74, 6) is -5.51. The van der Waals surface area contributed by atoms with Crippen LogP contribution in [0.15, 0.2) is 42.6 Å². The van der Waals surface area contributed by atoms with Crippen molar-refractivity contribution in [3.8, 4) is 0 Å². The number of alkyl halides is 6. The van der Waals surface area contributed by atoms with Gasteiger partial charge in [-0.1, -0.05) is 24.3 Å². The second-order valence-corrected chi connectivity index (χ2v) is 3.80. The average molecular weight is 568 g/mol. The van der Waals surface area contributed by atoms with Gasteiger partial charge in [-0.15, -0.1) is 0 Å². The van der Waals surface area contributed by atoms with Gasteiger partial charge in [-0.25, -0.2) is 9.59 Å². The van der Waals surface area contributed by atoms with Crippen LogP contribution in [-0.4, -0.2) is 39.5 Å². The first kappa shape index (κ1) is 26.0. The summed E-state index contributed by atoms with van der Waals surface area (Å²) in [6.45, 7) is 0. The van der Waals surface area contributed by atoms with E-state index in [0.717, 1.165) is 5.52 Å². The van der Waals surface area contributed by atoms with E-state index in [1.165, 1.54) is 5.39 Å². The molecule has 13 heteroatoms. The van der Waals surface area contributed by atoms with Gasteiger partial charge in [0.1, 0.15) is 0 Å². The zero-order valence-electron chi connectivity index (χ0n) is 12.4. The quantitative estimate of drug-likeness (QED) is 0.422. The molecule has 0 unspecified atom stereocenters. The molecule has 0 fully saturated rings. The number of hydrogen-bond acceptors (Lipinski definition) is 4. The number of carboxylic acids is 2. The molecule has 0 aliphatic rings. The van der Waals surface area contributed by atoms with E-state index in [0.29, 0.717) is 0 Å². The number of rotatable bonds is 0. The smallest absolute Gasteiger partial charge is 0.0701 e. The van der Waals surface area contributed by atoms with E-state index >= 15 is 0 Å². The molecule has 0 amide bonds. The second-order valence-electron chi connectivity index (χ2n) is 3.80. The number of benzene rings is 1. The van der Waals surface area contributed by atoms with Crippen molar-refractivity contribution in [1.29, 1.82) is 0 Å². The molecule has 1 aromatic heterocycles. The number of nitrogens with zero attached hydrogens (tertiary/aromatic N) is 1. The van der Waals surface area contributed by atoms with E-state index in [2.05, 4.69) is 21.4 Å². The predicted molar refractivity (Wildman–Crippen MR) is 73.3 cm³/mol. The number of pyridine rings is 1. The van der Waals surface area contributed by atoms with Crippen LogP contribution in [0.2, 0.25) is 0 Å². The van der Waals surface area contributed by atoms with Gasteiger partial charge in [-0.2, -0.15) is 26.3 Å². The Hall–Kier alpha value is -2.20. The first-order valence-electron chi connectivity index (χ1n) is 5.94. The molecule has 1 heterocycles. The van der Waals surface area contributed by atoms with Crippen molar-refractivity contribution in [1.82, 2.24) is 4.98 Å². The van der Waals surface area contributed by atoms with Crippen LogP contribution in [-0.2, 0) is 29.7 Å². The number of aliphatic carboxylic acids is 2. The zero-order chi connectivity index (χ0) is 21.0. The van der Waals surface area contributed by atoms with Crippen LogP contribution in [0.25, 0.3) is 10.9 Å². The number of carboxylic acid groups (broad SMARTS) is 2. The maximum Gasteiger partial charge on any atom is 0.0701 e. The molecule has 6 nitrogen and oxygen atoms in total. The summed E-state index contributed by atoms with van der Waals surface area (Å²) in [4.78, 5) is 22.0. The summed E-state index contributed by atoms with van der Waals surface area (Å²) in [5.41, 5.74) is 1.06. The summed E-state index contributed by atoms with van der Waals surface area (Å²) in [6.07, 6.45) is -8.36. The molecule has 2 aromatic rings. The molecule has 4 N–H and O–H groups in total. The molecule has 0 aliphatic carbocycles. The fourth-order valence-electron chi connectivity index (χ4n) is 1.02. The van der Waals surface area contributed by atoms with Crippen LogP contribution in [0.4, 0.5) is 26.3 Å². The third-order valence-electron chi connectivity index (χ3n) is 2.00. The molecule has 0 bridgehead atoms. The zero-order valence-corrected chi connectivity index (χ0v) is 14.6. The number of hydrogen-bond donors (Lipinski definition) is 3. The van der Waals surface area contributed by atoms with Gasteiger partial charge in [0.2, 0.25) is 0 Å². The SMILES string of the molecule is O=C(O)C(F)(F)F.O=C(O)C(F)(F)F.[NH2][Pt].c1ccc2ncccc2c1. The van der Waals surface area contributed by atoms with Crippen LogP contribution in [0, 0.1) is 0 Å². The first-order valence-corrected chi connectivity index (χ1v) is 7.25. The Morgan fingerprint density at radius 3 is 1.54 bits per heavy atom. The Labute approximate surface area is 153 Å². The molecule has 0 aliphatic heterocycles. The van der Waals surface area contributed by atoms with Gasteiger partial charge < -0.3 is 10.2 Å². The number of nitrogens with two attached hydrogens (primary N) is 1. The maximum atomic E-state index is 10.6. The molecule has 0 saturated heterocycles. The third-order valence-corrected chi connectivity index (χ3v) is 2.00. The molecule has 0 spiro atoms. The van der Waals surface area contributed by atoms with Crippen molar-refractivity contribution < 1.29 is 66.2 Å². The van der Waals surface area contributed by atoms with Crippen LogP contribution in [0.1, 0.15) is 0 Å². The van der Waals surface area contributed by atoms with Crippen molar-refractivity contribution >= 4 is 22.8 Å². The standard InChI is InChI=1S/C9H7N.2C2HF3O2.H2N.Pt/c1-2-6-9-8(4-1)5-3-7-10-9;2*3-2(4,5)1(6)7;;/h1-7H;2*(H,6,7);1H2;/q;;;-1;+1. The summed E-state index contributed by atoms with van der Waals surface area (Å²) in [7, 11) is 0. The van der Waals surface area contributed by atoms with Crippen molar-refractivity contribution in [2.24, 2.45) is 4.29 Å². The maximum absolute atomic E-state index is 10.6. The largest absolute Gasteiger partial charge is 0.256 e. The Balaban J connectivity index is 0. The molecule has 26 heavy (non-hydrogen) atoms. The summed E-state index contributed by atoms with van der Waals surface area (Å²) in [6, 6.07) is 12.1. The van der Waals surface area contributed by atoms with E-state index in [-0.39, 0.29) is 0 Å². The van der Waals surface area contributed by atoms with E-state index in [4.69, 9.17) is 19.8 Å². The van der Waals surface area contributed by atoms with E-state index in [9.17, 15) is 26.3 Å². The summed E-state index contributed by atoms with van der Waals surface area (Å²) >= 11 is 1.64. The predicted octanol–water partition coefficient (Wildman–Crippen LogP) is 2.91. The van der Waals surface area contributed by atoms with Crippen LogP contribution >= 0.6 is 0 Å². The van der Waals surface area contributed by atoms with Crippen LogP contribution in [0.3, 0.4) is 0 Å². The van der Waals surface area contributed by atoms with Crippen LogP contribution in [0.5, 0.6) is 0 Å². The van der Waals surface area contributed by atoms with Crippen LogP contribution < -0.4 is 4.29 Å². The second kappa shape index (κ2) is 12.2. The van der Waals surface area contributed by atoms with Crippen molar-refractivity contribution in [2.45, 2.75) is 12.4 Å². The molecule has 0 radical (unpaired) electrons. The fourth-order valence-corrected chi connectivity index (χ4v) is 1.02. The minimum atomic E-state index is -5.08. The third kappa shape index (κ3) is 12.2. The Morgan fingerprint density at radius 1 is 0.846 bits per heavy atom. The van der Waals surface area contributed by atoms with E-state index in [1.807, 2.05) is 30.5 Å². The Morgan fingerprint density at radius 2 is 1.19 bits per heavy atom. The van der Waals surface area contributed by atoms with Gasteiger partial charge >= 0.3 is 48.6 Å². The molecular weight excluding hydrogens is 557 g/mol. The minimum Gasteiger partial charge on any atom is -0.256 e. The van der Waals surface area contributed by atoms with Crippen molar-refractivity contribution in [2.75, 3.05) is 0 Å². The average Bonchev–Trinajstić information content (AvgIpc) is 2.56. The monoisotopic (exact) mass is 568 g/mol. The van der Waals surface area contributed by atoms with E-state index < -0.39 is 24.3 Å². The number of para-hydroxylation sites is 1. The topological polar surface area (TPSA) is 114 Å². The molecule has 149 valence electrons. The molecule has 0 atom stereocenters. The number of aromatic nitrogens is 1. The molecule has 1 aromatic carbocycles. The molecule has 2 rings (SSSR count). The molecule has 0 saturated carbocycles. The van der Waals surface area contributed by atoms with Gasteiger partial charge in [0.15, 0.2) is 0 Å². The number of halogens is 6. The van der Waals surface area contributed by atoms with Crippen molar-refractivity contribution in [3.63, 3.8) is 0 Å². The van der Waals surface area contributed by atoms with Crippen molar-refractivity contribution in [3.05, 3.63) is 42.6 Å². The van der Waals surface area contributed by atoms with E-state index in [1.54, 1.807) is 20.1 Å².